The Labute approximate surface area is 192 Å². The first-order valence-corrected chi connectivity index (χ1v) is 11.4. The van der Waals surface area contributed by atoms with Crippen LogP contribution < -0.4 is 0 Å². The van der Waals surface area contributed by atoms with Crippen molar-refractivity contribution >= 4 is 11.9 Å². The maximum Gasteiger partial charge on any atom is 0.305 e. The average Bonchev–Trinajstić information content (AvgIpc) is 2.75. The summed E-state index contributed by atoms with van der Waals surface area (Å²) in [5, 5.41) is 28.8. The predicted octanol–water partition coefficient (Wildman–Crippen LogP) is 3.54. The fourth-order valence-electron chi connectivity index (χ4n) is 2.63. The summed E-state index contributed by atoms with van der Waals surface area (Å²) in [6.07, 6.45) is 18.6. The zero-order chi connectivity index (χ0) is 24.0. The van der Waals surface area contributed by atoms with Crippen LogP contribution in [0.1, 0.15) is 65.2 Å². The van der Waals surface area contributed by atoms with Crippen molar-refractivity contribution in [2.75, 3.05) is 13.2 Å². The number of hydrogen-bond acceptors (Lipinski definition) is 7. The van der Waals surface area contributed by atoms with E-state index in [2.05, 4.69) is 13.0 Å². The molecule has 0 saturated heterocycles. The second-order valence-corrected chi connectivity index (χ2v) is 7.48. The van der Waals surface area contributed by atoms with Crippen molar-refractivity contribution in [3.63, 3.8) is 0 Å². The largest absolute Gasteiger partial charge is 0.462 e. The van der Waals surface area contributed by atoms with E-state index in [0.717, 1.165) is 6.42 Å². The molecule has 0 aromatic heterocycles. The Morgan fingerprint density at radius 1 is 0.938 bits per heavy atom. The number of aliphatic hydroxyl groups excluding tert-OH is 3. The van der Waals surface area contributed by atoms with Gasteiger partial charge in [0.2, 0.25) is 0 Å². The molecule has 32 heavy (non-hydrogen) atoms. The van der Waals surface area contributed by atoms with E-state index in [1.807, 2.05) is 6.08 Å². The topological polar surface area (TPSA) is 113 Å². The summed E-state index contributed by atoms with van der Waals surface area (Å²) in [5.41, 5.74) is 0. The van der Waals surface area contributed by atoms with Crippen LogP contribution in [0.25, 0.3) is 0 Å². The van der Waals surface area contributed by atoms with E-state index in [-0.39, 0.29) is 13.0 Å². The molecule has 0 aromatic carbocycles. The molecular formula is C25H40O7. The summed E-state index contributed by atoms with van der Waals surface area (Å²) in [5.74, 6) is -1.03. The smallest absolute Gasteiger partial charge is 0.305 e. The third-order valence-electron chi connectivity index (χ3n) is 4.37. The fraction of sp³-hybridized carbons (Fsp3) is 0.600. The number of aliphatic hydroxyl groups is 3. The third-order valence-corrected chi connectivity index (χ3v) is 4.37. The molecule has 0 aliphatic rings. The van der Waals surface area contributed by atoms with Crippen LogP contribution in [0.3, 0.4) is 0 Å². The molecule has 7 nitrogen and oxygen atoms in total. The SMILES string of the molecule is CCCCC/C=C\C[C@@H](O)/C=C/C=C/C=C\[C@@H](O)CCCC(=O)OC[C@H](CO)OC(C)=O. The normalized spacial score (nSPS) is 15.0. The number of unbranched alkanes of at least 4 members (excludes halogenated alkanes) is 3. The van der Waals surface area contributed by atoms with Gasteiger partial charge in [-0.05, 0) is 32.1 Å². The maximum absolute atomic E-state index is 11.7. The van der Waals surface area contributed by atoms with Gasteiger partial charge in [-0.15, -0.1) is 0 Å². The molecule has 0 aromatic rings. The third kappa shape index (κ3) is 19.7. The van der Waals surface area contributed by atoms with Crippen LogP contribution in [0.5, 0.6) is 0 Å². The highest BCUT2D eigenvalue weighted by Gasteiger charge is 2.14. The first-order chi connectivity index (χ1) is 15.4. The lowest BCUT2D eigenvalue weighted by Gasteiger charge is -2.14. The Hall–Kier alpha value is -2.22. The Bertz CT molecular complexity index is 607. The van der Waals surface area contributed by atoms with E-state index in [1.54, 1.807) is 36.5 Å². The minimum atomic E-state index is -0.862. The van der Waals surface area contributed by atoms with E-state index < -0.39 is 36.9 Å². The molecule has 0 aliphatic carbocycles. The molecule has 0 bridgehead atoms. The molecule has 0 aliphatic heterocycles. The summed E-state index contributed by atoms with van der Waals surface area (Å²) < 4.78 is 9.72. The zero-order valence-electron chi connectivity index (χ0n) is 19.4. The highest BCUT2D eigenvalue weighted by molar-refractivity contribution is 5.69. The second-order valence-electron chi connectivity index (χ2n) is 7.48. The summed E-state index contributed by atoms with van der Waals surface area (Å²) >= 11 is 0. The monoisotopic (exact) mass is 452 g/mol. The average molecular weight is 453 g/mol. The van der Waals surface area contributed by atoms with Gasteiger partial charge in [-0.25, -0.2) is 0 Å². The highest BCUT2D eigenvalue weighted by Crippen LogP contribution is 2.05. The lowest BCUT2D eigenvalue weighted by molar-refractivity contribution is -0.159. The van der Waals surface area contributed by atoms with Crippen molar-refractivity contribution in [3.05, 3.63) is 48.6 Å². The Balaban J connectivity index is 3.94. The number of carbonyl (C=O) groups excluding carboxylic acids is 2. The van der Waals surface area contributed by atoms with Crippen molar-refractivity contribution in [2.45, 2.75) is 83.5 Å². The summed E-state index contributed by atoms with van der Waals surface area (Å²) in [4.78, 5) is 22.5. The molecule has 3 atom stereocenters. The van der Waals surface area contributed by atoms with Crippen LogP contribution in [0.15, 0.2) is 48.6 Å². The van der Waals surface area contributed by atoms with Crippen LogP contribution in [0.2, 0.25) is 0 Å². The first kappa shape index (κ1) is 29.8. The van der Waals surface area contributed by atoms with Gasteiger partial charge in [0.25, 0.3) is 0 Å². The van der Waals surface area contributed by atoms with Gasteiger partial charge < -0.3 is 24.8 Å². The summed E-state index contributed by atoms with van der Waals surface area (Å²) in [6, 6.07) is 0. The number of carbonyl (C=O) groups is 2. The molecule has 0 heterocycles. The predicted molar refractivity (Wildman–Crippen MR) is 125 cm³/mol. The lowest BCUT2D eigenvalue weighted by atomic mass is 10.1. The van der Waals surface area contributed by atoms with Crippen LogP contribution in [0.4, 0.5) is 0 Å². The quantitative estimate of drug-likeness (QED) is 0.126. The van der Waals surface area contributed by atoms with Gasteiger partial charge >= 0.3 is 11.9 Å². The van der Waals surface area contributed by atoms with E-state index in [4.69, 9.17) is 14.6 Å². The molecule has 182 valence electrons. The van der Waals surface area contributed by atoms with Gasteiger partial charge in [0.05, 0.1) is 18.8 Å². The van der Waals surface area contributed by atoms with Gasteiger partial charge in [0, 0.05) is 13.3 Å². The Morgan fingerprint density at radius 3 is 2.25 bits per heavy atom. The van der Waals surface area contributed by atoms with Gasteiger partial charge in [-0.3, -0.25) is 9.59 Å². The van der Waals surface area contributed by atoms with Crippen molar-refractivity contribution < 1.29 is 34.4 Å². The van der Waals surface area contributed by atoms with Gasteiger partial charge in [0.15, 0.2) is 6.10 Å². The number of allylic oxidation sites excluding steroid dienone is 5. The zero-order valence-corrected chi connectivity index (χ0v) is 19.4. The van der Waals surface area contributed by atoms with E-state index in [9.17, 15) is 19.8 Å². The molecule has 7 heteroatoms. The first-order valence-electron chi connectivity index (χ1n) is 11.4. The van der Waals surface area contributed by atoms with Crippen molar-refractivity contribution in [2.24, 2.45) is 0 Å². The molecule has 0 unspecified atom stereocenters. The number of esters is 2. The second kappa shape index (κ2) is 20.7. The van der Waals surface area contributed by atoms with Crippen LogP contribution in [0, 0.1) is 0 Å². The molecule has 3 N–H and O–H groups in total. The molecule has 0 fully saturated rings. The number of hydrogen-bond donors (Lipinski definition) is 3. The van der Waals surface area contributed by atoms with Crippen molar-refractivity contribution in [1.29, 1.82) is 0 Å². The van der Waals surface area contributed by atoms with Crippen LogP contribution >= 0.6 is 0 Å². The standard InChI is InChI=1S/C25H40O7/c1-3-4-5-6-7-10-14-22(28)15-11-8-9-12-16-23(29)17-13-18-25(30)31-20-24(19-26)32-21(2)27/h7-12,15-16,22-24,26,28-29H,3-6,13-14,17-20H2,1-2H3/b9-8+,10-7-,15-11+,16-12-/t22-,23-,24+/m1/s1. The molecule has 0 spiro atoms. The number of ether oxygens (including phenoxy) is 2. The van der Waals surface area contributed by atoms with Crippen molar-refractivity contribution in [3.8, 4) is 0 Å². The Kier molecular flexibility index (Phi) is 19.2. The molecule has 0 radical (unpaired) electrons. The minimum Gasteiger partial charge on any atom is -0.462 e. The highest BCUT2D eigenvalue weighted by atomic mass is 16.6. The van der Waals surface area contributed by atoms with Crippen LogP contribution in [-0.4, -0.2) is 58.8 Å². The van der Waals surface area contributed by atoms with E-state index >= 15 is 0 Å². The van der Waals surface area contributed by atoms with Gasteiger partial charge in [-0.2, -0.15) is 0 Å². The lowest BCUT2D eigenvalue weighted by Crippen LogP contribution is -2.27. The maximum atomic E-state index is 11.7. The van der Waals surface area contributed by atoms with E-state index in [0.29, 0.717) is 19.3 Å². The van der Waals surface area contributed by atoms with Gasteiger partial charge in [-0.1, -0.05) is 68.4 Å². The van der Waals surface area contributed by atoms with E-state index in [1.165, 1.54) is 26.2 Å². The number of rotatable bonds is 18. The Morgan fingerprint density at radius 2 is 1.62 bits per heavy atom. The summed E-state index contributed by atoms with van der Waals surface area (Å²) in [7, 11) is 0. The van der Waals surface area contributed by atoms with Crippen LogP contribution in [-0.2, 0) is 19.1 Å². The fourth-order valence-corrected chi connectivity index (χ4v) is 2.63. The molecular weight excluding hydrogens is 412 g/mol. The molecule has 0 rings (SSSR count). The molecule has 0 amide bonds. The minimum absolute atomic E-state index is 0.118. The molecule has 0 saturated carbocycles. The van der Waals surface area contributed by atoms with Gasteiger partial charge in [0.1, 0.15) is 6.61 Å². The van der Waals surface area contributed by atoms with Crippen molar-refractivity contribution in [1.82, 2.24) is 0 Å². The summed E-state index contributed by atoms with van der Waals surface area (Å²) in [6.45, 7) is 2.77.